The van der Waals surface area contributed by atoms with Gasteiger partial charge in [0.15, 0.2) is 0 Å². The standard InChI is InChI=1S/C14H18N4O3S2/c1-23(20,21)16-6-11-7-17(14(19)12-3-5-22-10-12)9-13-2-4-15-18(13)8-11/h2-5,10-11,16H,6-9H2,1H3/t11-/m1/s1. The minimum absolute atomic E-state index is 0.0338. The molecule has 0 fully saturated rings. The first kappa shape index (κ1) is 16.2. The van der Waals surface area contributed by atoms with Crippen LogP contribution >= 0.6 is 11.3 Å². The lowest BCUT2D eigenvalue weighted by molar-refractivity contribution is 0.0723. The normalized spacial score (nSPS) is 18.5. The number of hydrogen-bond donors (Lipinski definition) is 1. The monoisotopic (exact) mass is 354 g/mol. The lowest BCUT2D eigenvalue weighted by Crippen LogP contribution is -2.38. The predicted octanol–water partition coefficient (Wildman–Crippen LogP) is 0.766. The van der Waals surface area contributed by atoms with Crippen LogP contribution in [0.2, 0.25) is 0 Å². The third kappa shape index (κ3) is 3.98. The molecule has 0 spiro atoms. The first-order valence-electron chi connectivity index (χ1n) is 7.19. The van der Waals surface area contributed by atoms with Gasteiger partial charge in [-0.1, -0.05) is 0 Å². The molecule has 1 aliphatic rings. The molecular formula is C14H18N4O3S2. The van der Waals surface area contributed by atoms with Gasteiger partial charge < -0.3 is 4.90 Å². The van der Waals surface area contributed by atoms with E-state index < -0.39 is 10.0 Å². The van der Waals surface area contributed by atoms with Gasteiger partial charge in [-0.2, -0.15) is 16.4 Å². The van der Waals surface area contributed by atoms with Crippen LogP contribution in [-0.4, -0.2) is 48.4 Å². The summed E-state index contributed by atoms with van der Waals surface area (Å²) >= 11 is 1.48. The third-order valence-corrected chi connectivity index (χ3v) is 5.13. The van der Waals surface area contributed by atoms with Crippen molar-refractivity contribution in [3.63, 3.8) is 0 Å². The van der Waals surface area contributed by atoms with Crippen molar-refractivity contribution in [2.75, 3.05) is 19.3 Å². The van der Waals surface area contributed by atoms with Crippen LogP contribution < -0.4 is 4.72 Å². The Kier molecular flexibility index (Phi) is 4.51. The lowest BCUT2D eigenvalue weighted by Gasteiger charge is -2.23. The van der Waals surface area contributed by atoms with E-state index in [1.807, 2.05) is 21.5 Å². The summed E-state index contributed by atoms with van der Waals surface area (Å²) in [6.45, 7) is 1.83. The number of sulfonamides is 1. The molecule has 9 heteroatoms. The fourth-order valence-electron chi connectivity index (χ4n) is 2.65. The fourth-order valence-corrected chi connectivity index (χ4v) is 3.82. The van der Waals surface area contributed by atoms with Gasteiger partial charge in [0.2, 0.25) is 10.0 Å². The summed E-state index contributed by atoms with van der Waals surface area (Å²) < 4.78 is 27.1. The Balaban J connectivity index is 1.81. The van der Waals surface area contributed by atoms with Gasteiger partial charge in [-0.25, -0.2) is 13.1 Å². The maximum atomic E-state index is 12.7. The van der Waals surface area contributed by atoms with E-state index in [4.69, 9.17) is 0 Å². The van der Waals surface area contributed by atoms with Crippen LogP contribution in [0.15, 0.2) is 29.1 Å². The van der Waals surface area contributed by atoms with Gasteiger partial charge in [0.05, 0.1) is 24.1 Å². The van der Waals surface area contributed by atoms with Crippen molar-refractivity contribution in [1.82, 2.24) is 19.4 Å². The molecule has 1 amide bonds. The van der Waals surface area contributed by atoms with Crippen LogP contribution in [0.5, 0.6) is 0 Å². The number of carbonyl (C=O) groups excluding carboxylic acids is 1. The molecule has 0 bridgehead atoms. The van der Waals surface area contributed by atoms with Gasteiger partial charge in [-0.3, -0.25) is 9.48 Å². The SMILES string of the molecule is CS(=O)(=O)NC[C@@H]1CN(C(=O)c2ccsc2)Cc2ccnn2C1. The molecule has 0 radical (unpaired) electrons. The van der Waals surface area contributed by atoms with Crippen molar-refractivity contribution in [3.8, 4) is 0 Å². The molecule has 0 unspecified atom stereocenters. The highest BCUT2D eigenvalue weighted by molar-refractivity contribution is 7.88. The number of carbonyl (C=O) groups is 1. The van der Waals surface area contributed by atoms with Crippen LogP contribution in [0.4, 0.5) is 0 Å². The molecule has 0 aromatic carbocycles. The lowest BCUT2D eigenvalue weighted by atomic mass is 10.1. The van der Waals surface area contributed by atoms with Crippen molar-refractivity contribution < 1.29 is 13.2 Å². The van der Waals surface area contributed by atoms with E-state index in [2.05, 4.69) is 9.82 Å². The molecule has 1 aliphatic heterocycles. The molecular weight excluding hydrogens is 336 g/mol. The Morgan fingerprint density at radius 2 is 2.26 bits per heavy atom. The molecule has 1 atom stereocenters. The van der Waals surface area contributed by atoms with Crippen molar-refractivity contribution in [2.45, 2.75) is 13.1 Å². The Bertz CT molecular complexity index is 783. The highest BCUT2D eigenvalue weighted by Crippen LogP contribution is 2.19. The summed E-state index contributed by atoms with van der Waals surface area (Å²) in [5, 5.41) is 7.97. The van der Waals surface area contributed by atoms with E-state index >= 15 is 0 Å². The number of aromatic nitrogens is 2. The quantitative estimate of drug-likeness (QED) is 0.879. The third-order valence-electron chi connectivity index (χ3n) is 3.76. The van der Waals surface area contributed by atoms with E-state index in [1.165, 1.54) is 11.3 Å². The first-order valence-corrected chi connectivity index (χ1v) is 10.0. The van der Waals surface area contributed by atoms with Gasteiger partial charge in [0, 0.05) is 37.1 Å². The average Bonchev–Trinajstić information content (AvgIpc) is 3.12. The largest absolute Gasteiger partial charge is 0.332 e. The highest BCUT2D eigenvalue weighted by Gasteiger charge is 2.26. The molecule has 0 saturated heterocycles. The summed E-state index contributed by atoms with van der Waals surface area (Å²) in [6.07, 6.45) is 2.84. The number of hydrogen-bond acceptors (Lipinski definition) is 5. The second-order valence-electron chi connectivity index (χ2n) is 5.69. The molecule has 3 rings (SSSR count). The summed E-state index contributed by atoms with van der Waals surface area (Å²) in [5.74, 6) is -0.0706. The Labute approximate surface area is 139 Å². The summed E-state index contributed by atoms with van der Waals surface area (Å²) in [7, 11) is -3.26. The molecule has 124 valence electrons. The second-order valence-corrected chi connectivity index (χ2v) is 8.30. The van der Waals surface area contributed by atoms with Gasteiger partial charge in [-0.15, -0.1) is 0 Å². The van der Waals surface area contributed by atoms with Crippen LogP contribution in [0.25, 0.3) is 0 Å². The Hall–Kier alpha value is -1.71. The zero-order valence-corrected chi connectivity index (χ0v) is 14.3. The van der Waals surface area contributed by atoms with Gasteiger partial charge in [-0.05, 0) is 17.5 Å². The van der Waals surface area contributed by atoms with Crippen LogP contribution in [-0.2, 0) is 23.1 Å². The minimum atomic E-state index is -3.26. The first-order chi connectivity index (χ1) is 10.9. The molecule has 0 saturated carbocycles. The smallest absolute Gasteiger partial charge is 0.255 e. The van der Waals surface area contributed by atoms with Crippen LogP contribution in [0, 0.1) is 5.92 Å². The van der Waals surface area contributed by atoms with Crippen molar-refractivity contribution in [3.05, 3.63) is 40.3 Å². The van der Waals surface area contributed by atoms with Gasteiger partial charge >= 0.3 is 0 Å². The van der Waals surface area contributed by atoms with Crippen molar-refractivity contribution in [1.29, 1.82) is 0 Å². The number of thiophene rings is 1. The number of nitrogens with one attached hydrogen (secondary N) is 1. The molecule has 0 aliphatic carbocycles. The molecule has 1 N–H and O–H groups in total. The van der Waals surface area contributed by atoms with Crippen molar-refractivity contribution in [2.24, 2.45) is 5.92 Å². The van der Waals surface area contributed by atoms with E-state index in [1.54, 1.807) is 17.2 Å². The number of amides is 1. The second kappa shape index (κ2) is 6.42. The van der Waals surface area contributed by atoms with E-state index in [9.17, 15) is 13.2 Å². The fraction of sp³-hybridized carbons (Fsp3) is 0.429. The number of rotatable bonds is 4. The summed E-state index contributed by atoms with van der Waals surface area (Å²) in [6, 6.07) is 3.69. The van der Waals surface area contributed by atoms with Crippen molar-refractivity contribution >= 4 is 27.3 Å². The summed E-state index contributed by atoms with van der Waals surface area (Å²) in [5.41, 5.74) is 1.62. The van der Waals surface area contributed by atoms with Gasteiger partial charge in [0.1, 0.15) is 0 Å². The molecule has 2 aromatic heterocycles. The van der Waals surface area contributed by atoms with Gasteiger partial charge in [0.25, 0.3) is 5.91 Å². The Morgan fingerprint density at radius 3 is 2.96 bits per heavy atom. The molecule has 23 heavy (non-hydrogen) atoms. The topological polar surface area (TPSA) is 84.3 Å². The summed E-state index contributed by atoms with van der Waals surface area (Å²) in [4.78, 5) is 14.4. The number of nitrogens with zero attached hydrogens (tertiary/aromatic N) is 3. The zero-order chi connectivity index (χ0) is 16.4. The predicted molar refractivity (Wildman–Crippen MR) is 87.6 cm³/mol. The minimum Gasteiger partial charge on any atom is -0.332 e. The van der Waals surface area contributed by atoms with E-state index in [-0.39, 0.29) is 18.4 Å². The zero-order valence-electron chi connectivity index (χ0n) is 12.7. The average molecular weight is 354 g/mol. The molecule has 7 nitrogen and oxygen atoms in total. The number of fused-ring (bicyclic) bond motifs is 1. The maximum absolute atomic E-state index is 12.7. The van der Waals surface area contributed by atoms with Crippen LogP contribution in [0.1, 0.15) is 16.1 Å². The maximum Gasteiger partial charge on any atom is 0.255 e. The van der Waals surface area contributed by atoms with E-state index in [0.717, 1.165) is 11.9 Å². The van der Waals surface area contributed by atoms with E-state index in [0.29, 0.717) is 25.2 Å². The highest BCUT2D eigenvalue weighted by atomic mass is 32.2. The Morgan fingerprint density at radius 1 is 1.43 bits per heavy atom. The molecule has 3 heterocycles. The van der Waals surface area contributed by atoms with Crippen LogP contribution in [0.3, 0.4) is 0 Å². The molecule has 2 aromatic rings.